The molecule has 9 heteroatoms. The second kappa shape index (κ2) is 5.66. The number of hydrogen-bond acceptors (Lipinski definition) is 5. The van der Waals surface area contributed by atoms with Gasteiger partial charge in [0.2, 0.25) is 0 Å². The summed E-state index contributed by atoms with van der Waals surface area (Å²) in [7, 11) is 0. The summed E-state index contributed by atoms with van der Waals surface area (Å²) in [6, 6.07) is 0.687. The van der Waals surface area contributed by atoms with Crippen molar-refractivity contribution in [1.29, 1.82) is 0 Å². The third-order valence-electron chi connectivity index (χ3n) is 2.56. The maximum atomic E-state index is 12.0. The lowest BCUT2D eigenvalue weighted by molar-refractivity contribution is -0.385. The fourth-order valence-electron chi connectivity index (χ4n) is 1.55. The van der Waals surface area contributed by atoms with Gasteiger partial charge in [-0.05, 0) is 6.92 Å². The number of H-pyrrole nitrogens is 1. The van der Waals surface area contributed by atoms with Crippen LogP contribution in [0.15, 0.2) is 24.7 Å². The molecule has 0 aliphatic rings. The molecule has 0 saturated carbocycles. The van der Waals surface area contributed by atoms with E-state index in [1.807, 2.05) is 0 Å². The van der Waals surface area contributed by atoms with Crippen LogP contribution in [-0.2, 0) is 0 Å². The van der Waals surface area contributed by atoms with Crippen LogP contribution in [-0.4, -0.2) is 25.8 Å². The number of imidazole rings is 1. The SMILES string of the molecule is CC(NC(=O)c1cc([N+](=O)[O-])cnc1Cl)c1ncc[nH]1. The first-order valence-corrected chi connectivity index (χ1v) is 5.97. The first-order chi connectivity index (χ1) is 9.49. The highest BCUT2D eigenvalue weighted by Gasteiger charge is 2.19. The van der Waals surface area contributed by atoms with E-state index in [4.69, 9.17) is 11.6 Å². The molecular weight excluding hydrogens is 286 g/mol. The molecule has 2 N–H and O–H groups in total. The molecule has 20 heavy (non-hydrogen) atoms. The van der Waals surface area contributed by atoms with Gasteiger partial charge in [0.25, 0.3) is 11.6 Å². The number of carbonyl (C=O) groups is 1. The quantitative estimate of drug-likeness (QED) is 0.507. The van der Waals surface area contributed by atoms with Crippen molar-refractivity contribution in [2.45, 2.75) is 13.0 Å². The predicted octanol–water partition coefficient (Wildman–Crippen LogP) is 1.86. The second-order valence-corrected chi connectivity index (χ2v) is 4.32. The minimum atomic E-state index is -0.643. The Morgan fingerprint density at radius 1 is 1.55 bits per heavy atom. The number of rotatable bonds is 4. The lowest BCUT2D eigenvalue weighted by atomic mass is 10.2. The summed E-state index contributed by atoms with van der Waals surface area (Å²) in [6.45, 7) is 1.72. The van der Waals surface area contributed by atoms with Crippen molar-refractivity contribution in [2.75, 3.05) is 0 Å². The number of pyridine rings is 1. The van der Waals surface area contributed by atoms with E-state index in [1.165, 1.54) is 0 Å². The van der Waals surface area contributed by atoms with Crippen molar-refractivity contribution in [1.82, 2.24) is 20.3 Å². The molecule has 0 radical (unpaired) electrons. The molecule has 1 unspecified atom stereocenters. The average molecular weight is 296 g/mol. The highest BCUT2D eigenvalue weighted by molar-refractivity contribution is 6.32. The zero-order valence-electron chi connectivity index (χ0n) is 10.3. The Hall–Kier alpha value is -2.48. The Balaban J connectivity index is 2.20. The number of carbonyl (C=O) groups excluding carboxylic acids is 1. The number of nitrogens with one attached hydrogen (secondary N) is 2. The molecule has 0 spiro atoms. The van der Waals surface area contributed by atoms with Crippen molar-refractivity contribution < 1.29 is 9.72 Å². The molecule has 0 aliphatic heterocycles. The van der Waals surface area contributed by atoms with Crippen LogP contribution in [0.4, 0.5) is 5.69 Å². The van der Waals surface area contributed by atoms with Crippen molar-refractivity contribution in [3.8, 4) is 0 Å². The van der Waals surface area contributed by atoms with Crippen LogP contribution < -0.4 is 5.32 Å². The van der Waals surface area contributed by atoms with Crippen LogP contribution in [0.2, 0.25) is 5.15 Å². The van der Waals surface area contributed by atoms with Crippen LogP contribution in [0, 0.1) is 10.1 Å². The normalized spacial score (nSPS) is 11.9. The third-order valence-corrected chi connectivity index (χ3v) is 2.86. The molecule has 2 rings (SSSR count). The molecule has 1 amide bonds. The molecule has 0 saturated heterocycles. The topological polar surface area (TPSA) is 114 Å². The Labute approximate surface area is 118 Å². The standard InChI is InChI=1S/C11H10ClN5O3/c1-6(10-13-2-3-14-10)16-11(18)8-4-7(17(19)20)5-15-9(8)12/h2-6H,1H3,(H,13,14)(H,16,18). The molecule has 0 fully saturated rings. The van der Waals surface area contributed by atoms with E-state index in [-0.39, 0.29) is 16.4 Å². The summed E-state index contributed by atoms with van der Waals surface area (Å²) >= 11 is 5.79. The van der Waals surface area contributed by atoms with E-state index < -0.39 is 16.9 Å². The van der Waals surface area contributed by atoms with Gasteiger partial charge >= 0.3 is 0 Å². The molecule has 8 nitrogen and oxygen atoms in total. The molecule has 0 bridgehead atoms. The summed E-state index contributed by atoms with van der Waals surface area (Å²) in [5.41, 5.74) is -0.357. The largest absolute Gasteiger partial charge is 0.347 e. The van der Waals surface area contributed by atoms with Crippen molar-refractivity contribution >= 4 is 23.2 Å². The van der Waals surface area contributed by atoms with Gasteiger partial charge in [-0.25, -0.2) is 9.97 Å². The van der Waals surface area contributed by atoms with Crippen LogP contribution >= 0.6 is 11.6 Å². The van der Waals surface area contributed by atoms with Crippen LogP contribution in [0.25, 0.3) is 0 Å². The highest BCUT2D eigenvalue weighted by Crippen LogP contribution is 2.19. The Morgan fingerprint density at radius 3 is 2.90 bits per heavy atom. The van der Waals surface area contributed by atoms with Crippen molar-refractivity contribution in [3.05, 3.63) is 51.3 Å². The van der Waals surface area contributed by atoms with E-state index >= 15 is 0 Å². The summed E-state index contributed by atoms with van der Waals surface area (Å²) in [5, 5.41) is 13.2. The third kappa shape index (κ3) is 2.91. The van der Waals surface area contributed by atoms with E-state index in [1.54, 1.807) is 19.3 Å². The molecular formula is C11H10ClN5O3. The summed E-state index contributed by atoms with van der Waals surface area (Å²) in [6.07, 6.45) is 4.18. The Morgan fingerprint density at radius 2 is 2.30 bits per heavy atom. The number of aromatic amines is 1. The van der Waals surface area contributed by atoms with Gasteiger partial charge in [-0.3, -0.25) is 14.9 Å². The lowest BCUT2D eigenvalue weighted by Crippen LogP contribution is -2.27. The van der Waals surface area contributed by atoms with Gasteiger partial charge in [-0.1, -0.05) is 11.6 Å². The van der Waals surface area contributed by atoms with Crippen molar-refractivity contribution in [3.63, 3.8) is 0 Å². The molecule has 104 valence electrons. The fourth-order valence-corrected chi connectivity index (χ4v) is 1.74. The number of nitrogens with zero attached hydrogens (tertiary/aromatic N) is 3. The van der Waals surface area contributed by atoms with Crippen LogP contribution in [0.5, 0.6) is 0 Å². The van der Waals surface area contributed by atoms with Gasteiger partial charge in [-0.2, -0.15) is 0 Å². The smallest absolute Gasteiger partial charge is 0.288 e. The maximum Gasteiger partial charge on any atom is 0.288 e. The first kappa shape index (κ1) is 13.9. The maximum absolute atomic E-state index is 12.0. The molecule has 1 atom stereocenters. The van der Waals surface area contributed by atoms with Gasteiger partial charge in [-0.15, -0.1) is 0 Å². The first-order valence-electron chi connectivity index (χ1n) is 5.59. The number of aromatic nitrogens is 3. The number of nitro groups is 1. The minimum absolute atomic E-state index is 0.0562. The summed E-state index contributed by atoms with van der Waals surface area (Å²) < 4.78 is 0. The molecule has 0 aliphatic carbocycles. The van der Waals surface area contributed by atoms with Gasteiger partial charge in [0.1, 0.15) is 17.2 Å². The number of amides is 1. The minimum Gasteiger partial charge on any atom is -0.347 e. The fraction of sp³-hybridized carbons (Fsp3) is 0.182. The van der Waals surface area contributed by atoms with E-state index in [0.29, 0.717) is 5.82 Å². The zero-order valence-corrected chi connectivity index (χ0v) is 11.1. The number of hydrogen-bond donors (Lipinski definition) is 2. The highest BCUT2D eigenvalue weighted by atomic mass is 35.5. The Bertz CT molecular complexity index is 644. The van der Waals surface area contributed by atoms with E-state index in [2.05, 4.69) is 20.3 Å². The van der Waals surface area contributed by atoms with Crippen LogP contribution in [0.1, 0.15) is 29.1 Å². The van der Waals surface area contributed by atoms with Gasteiger partial charge in [0, 0.05) is 18.5 Å². The van der Waals surface area contributed by atoms with Crippen LogP contribution in [0.3, 0.4) is 0 Å². The second-order valence-electron chi connectivity index (χ2n) is 3.96. The van der Waals surface area contributed by atoms with Gasteiger partial charge < -0.3 is 10.3 Å². The van der Waals surface area contributed by atoms with E-state index in [9.17, 15) is 14.9 Å². The Kier molecular flexibility index (Phi) is 3.94. The van der Waals surface area contributed by atoms with Crippen molar-refractivity contribution in [2.24, 2.45) is 0 Å². The van der Waals surface area contributed by atoms with E-state index in [0.717, 1.165) is 12.3 Å². The molecule has 0 aromatic carbocycles. The van der Waals surface area contributed by atoms with Gasteiger partial charge in [0.15, 0.2) is 0 Å². The summed E-state index contributed by atoms with van der Waals surface area (Å²) in [4.78, 5) is 32.6. The predicted molar refractivity (Wildman–Crippen MR) is 70.4 cm³/mol. The number of halogens is 1. The lowest BCUT2D eigenvalue weighted by Gasteiger charge is -2.11. The monoisotopic (exact) mass is 295 g/mol. The summed E-state index contributed by atoms with van der Waals surface area (Å²) in [5.74, 6) is 0.00274. The zero-order chi connectivity index (χ0) is 14.7. The molecule has 2 aromatic rings. The molecule has 2 heterocycles. The molecule has 2 aromatic heterocycles. The average Bonchev–Trinajstić information content (AvgIpc) is 2.92. The van der Waals surface area contributed by atoms with Gasteiger partial charge in [0.05, 0.1) is 16.5 Å².